The molecule has 0 spiro atoms. The van der Waals surface area contributed by atoms with E-state index in [-0.39, 0.29) is 16.9 Å². The SMILES string of the molecule is COCCC1(CNC(=O)CCc2ccccc2C(=O)O)CCCCC1. The van der Waals surface area contributed by atoms with Gasteiger partial charge in [0.2, 0.25) is 5.91 Å². The van der Waals surface area contributed by atoms with Crippen molar-refractivity contribution in [1.82, 2.24) is 5.32 Å². The third-order valence-electron chi connectivity index (χ3n) is 5.28. The molecule has 1 aliphatic rings. The zero-order chi connectivity index (χ0) is 18.1. The van der Waals surface area contributed by atoms with Crippen LogP contribution in [0.2, 0.25) is 0 Å². The summed E-state index contributed by atoms with van der Waals surface area (Å²) in [6.45, 7) is 1.41. The second kappa shape index (κ2) is 9.56. The normalized spacial score (nSPS) is 16.4. The summed E-state index contributed by atoms with van der Waals surface area (Å²) >= 11 is 0. The summed E-state index contributed by atoms with van der Waals surface area (Å²) in [6.07, 6.45) is 7.71. The van der Waals surface area contributed by atoms with Gasteiger partial charge >= 0.3 is 5.97 Å². The summed E-state index contributed by atoms with van der Waals surface area (Å²) in [5.41, 5.74) is 1.14. The van der Waals surface area contributed by atoms with Crippen LogP contribution in [0.4, 0.5) is 0 Å². The van der Waals surface area contributed by atoms with Crippen molar-refractivity contribution < 1.29 is 19.4 Å². The van der Waals surface area contributed by atoms with E-state index in [2.05, 4.69) is 5.32 Å². The molecule has 138 valence electrons. The fourth-order valence-corrected chi connectivity index (χ4v) is 3.71. The van der Waals surface area contributed by atoms with E-state index in [0.717, 1.165) is 25.9 Å². The molecular formula is C20H29NO4. The van der Waals surface area contributed by atoms with Gasteiger partial charge in [-0.25, -0.2) is 4.79 Å². The van der Waals surface area contributed by atoms with Gasteiger partial charge in [-0.3, -0.25) is 4.79 Å². The molecular weight excluding hydrogens is 318 g/mol. The van der Waals surface area contributed by atoms with Crippen molar-refractivity contribution in [3.05, 3.63) is 35.4 Å². The average molecular weight is 347 g/mol. The van der Waals surface area contributed by atoms with Crippen molar-refractivity contribution >= 4 is 11.9 Å². The molecule has 1 saturated carbocycles. The zero-order valence-corrected chi connectivity index (χ0v) is 15.1. The predicted molar refractivity (Wildman–Crippen MR) is 96.7 cm³/mol. The first-order valence-corrected chi connectivity index (χ1v) is 9.13. The van der Waals surface area contributed by atoms with Gasteiger partial charge in [0.15, 0.2) is 0 Å². The molecule has 1 fully saturated rings. The molecule has 25 heavy (non-hydrogen) atoms. The standard InChI is InChI=1S/C20H29NO4/c1-25-14-13-20(11-5-2-6-12-20)15-21-18(22)10-9-16-7-3-4-8-17(16)19(23)24/h3-4,7-8H,2,5-6,9-15H2,1H3,(H,21,22)(H,23,24). The predicted octanol–water partition coefficient (Wildman–Crippen LogP) is 3.42. The number of hydrogen-bond acceptors (Lipinski definition) is 3. The van der Waals surface area contributed by atoms with E-state index in [0.29, 0.717) is 24.9 Å². The monoisotopic (exact) mass is 347 g/mol. The summed E-state index contributed by atoms with van der Waals surface area (Å²) < 4.78 is 5.25. The van der Waals surface area contributed by atoms with Gasteiger partial charge in [-0.05, 0) is 42.7 Å². The third-order valence-corrected chi connectivity index (χ3v) is 5.28. The Morgan fingerprint density at radius 1 is 1.20 bits per heavy atom. The molecule has 0 aliphatic heterocycles. The Labute approximate surface area is 149 Å². The molecule has 5 heteroatoms. The van der Waals surface area contributed by atoms with Crippen molar-refractivity contribution in [2.75, 3.05) is 20.3 Å². The van der Waals surface area contributed by atoms with E-state index in [9.17, 15) is 14.7 Å². The van der Waals surface area contributed by atoms with E-state index in [1.165, 1.54) is 19.3 Å². The van der Waals surface area contributed by atoms with Gasteiger partial charge in [0.1, 0.15) is 0 Å². The van der Waals surface area contributed by atoms with E-state index in [4.69, 9.17) is 4.74 Å². The highest BCUT2D eigenvalue weighted by Crippen LogP contribution is 2.38. The number of ether oxygens (including phenoxy) is 1. The molecule has 0 radical (unpaired) electrons. The van der Waals surface area contributed by atoms with Gasteiger partial charge in [0, 0.05) is 26.7 Å². The van der Waals surface area contributed by atoms with Crippen LogP contribution in [-0.2, 0) is 16.0 Å². The number of benzene rings is 1. The molecule has 1 aromatic carbocycles. The van der Waals surface area contributed by atoms with Gasteiger partial charge < -0.3 is 15.2 Å². The first-order chi connectivity index (χ1) is 12.1. The third kappa shape index (κ3) is 5.85. The largest absolute Gasteiger partial charge is 0.478 e. The smallest absolute Gasteiger partial charge is 0.335 e. The van der Waals surface area contributed by atoms with E-state index in [1.54, 1.807) is 31.4 Å². The van der Waals surface area contributed by atoms with Crippen LogP contribution < -0.4 is 5.32 Å². The lowest BCUT2D eigenvalue weighted by Crippen LogP contribution is -2.39. The number of carbonyl (C=O) groups excluding carboxylic acids is 1. The van der Waals surface area contributed by atoms with Crippen molar-refractivity contribution in [3.63, 3.8) is 0 Å². The van der Waals surface area contributed by atoms with Crippen LogP contribution in [0.5, 0.6) is 0 Å². The fourth-order valence-electron chi connectivity index (χ4n) is 3.71. The zero-order valence-electron chi connectivity index (χ0n) is 15.1. The maximum Gasteiger partial charge on any atom is 0.335 e. The maximum atomic E-state index is 12.3. The van der Waals surface area contributed by atoms with Crippen LogP contribution in [0, 0.1) is 5.41 Å². The summed E-state index contributed by atoms with van der Waals surface area (Å²) in [4.78, 5) is 23.5. The highest BCUT2D eigenvalue weighted by molar-refractivity contribution is 5.89. The molecule has 0 unspecified atom stereocenters. The lowest BCUT2D eigenvalue weighted by molar-refractivity contribution is -0.121. The number of nitrogens with one attached hydrogen (secondary N) is 1. The molecule has 1 amide bonds. The van der Waals surface area contributed by atoms with Crippen molar-refractivity contribution in [2.45, 2.75) is 51.4 Å². The number of carboxylic acid groups (broad SMARTS) is 1. The molecule has 5 nitrogen and oxygen atoms in total. The fraction of sp³-hybridized carbons (Fsp3) is 0.600. The highest BCUT2D eigenvalue weighted by Gasteiger charge is 2.31. The van der Waals surface area contributed by atoms with Crippen molar-refractivity contribution in [3.8, 4) is 0 Å². The number of methoxy groups -OCH3 is 1. The second-order valence-electron chi connectivity index (χ2n) is 7.04. The van der Waals surface area contributed by atoms with Crippen LogP contribution >= 0.6 is 0 Å². The Morgan fingerprint density at radius 3 is 2.60 bits per heavy atom. The Bertz CT molecular complexity index is 579. The summed E-state index contributed by atoms with van der Waals surface area (Å²) in [6, 6.07) is 6.87. The highest BCUT2D eigenvalue weighted by atomic mass is 16.5. The topological polar surface area (TPSA) is 75.6 Å². The van der Waals surface area contributed by atoms with Gasteiger partial charge in [-0.2, -0.15) is 0 Å². The first kappa shape index (κ1) is 19.4. The lowest BCUT2D eigenvalue weighted by atomic mass is 9.72. The molecule has 0 aromatic heterocycles. The summed E-state index contributed by atoms with van der Waals surface area (Å²) in [5.74, 6) is -0.959. The first-order valence-electron chi connectivity index (χ1n) is 9.13. The van der Waals surface area contributed by atoms with Crippen LogP contribution in [0.1, 0.15) is 60.9 Å². The van der Waals surface area contributed by atoms with E-state index in [1.807, 2.05) is 0 Å². The summed E-state index contributed by atoms with van der Waals surface area (Å²) in [7, 11) is 1.72. The molecule has 1 aromatic rings. The molecule has 1 aliphatic carbocycles. The van der Waals surface area contributed by atoms with Crippen molar-refractivity contribution in [1.29, 1.82) is 0 Å². The second-order valence-corrected chi connectivity index (χ2v) is 7.04. The minimum absolute atomic E-state index is 0.0115. The minimum atomic E-state index is -0.947. The van der Waals surface area contributed by atoms with Crippen LogP contribution in [0.25, 0.3) is 0 Å². The number of hydrogen-bond donors (Lipinski definition) is 2. The van der Waals surface area contributed by atoms with E-state index >= 15 is 0 Å². The number of carboxylic acids is 1. The average Bonchev–Trinajstić information content (AvgIpc) is 2.64. The van der Waals surface area contributed by atoms with Crippen LogP contribution in [0.15, 0.2) is 24.3 Å². The maximum absolute atomic E-state index is 12.3. The molecule has 2 rings (SSSR count). The number of amides is 1. The molecule has 2 N–H and O–H groups in total. The molecule has 0 saturated heterocycles. The molecule has 0 atom stereocenters. The summed E-state index contributed by atoms with van der Waals surface area (Å²) in [5, 5.41) is 12.3. The molecule has 0 heterocycles. The Hall–Kier alpha value is -1.88. The number of rotatable bonds is 9. The van der Waals surface area contributed by atoms with Crippen LogP contribution in [0.3, 0.4) is 0 Å². The Morgan fingerprint density at radius 2 is 1.92 bits per heavy atom. The van der Waals surface area contributed by atoms with Crippen molar-refractivity contribution in [2.24, 2.45) is 5.41 Å². The minimum Gasteiger partial charge on any atom is -0.478 e. The van der Waals surface area contributed by atoms with Crippen LogP contribution in [-0.4, -0.2) is 37.2 Å². The van der Waals surface area contributed by atoms with E-state index < -0.39 is 5.97 Å². The number of carbonyl (C=O) groups is 2. The Kier molecular flexibility index (Phi) is 7.44. The lowest BCUT2D eigenvalue weighted by Gasteiger charge is -2.37. The number of aryl methyl sites for hydroxylation is 1. The number of aromatic carboxylic acids is 1. The quantitative estimate of drug-likeness (QED) is 0.718. The van der Waals surface area contributed by atoms with Gasteiger partial charge in [-0.15, -0.1) is 0 Å². The van der Waals surface area contributed by atoms with Gasteiger partial charge in [0.25, 0.3) is 0 Å². The van der Waals surface area contributed by atoms with Gasteiger partial charge in [0.05, 0.1) is 5.56 Å². The molecule has 0 bridgehead atoms. The Balaban J connectivity index is 1.86. The van der Waals surface area contributed by atoms with Gasteiger partial charge in [-0.1, -0.05) is 37.5 Å².